The second-order valence-electron chi connectivity index (χ2n) is 14.3. The molecule has 0 nitrogen and oxygen atoms in total. The maximum atomic E-state index is 2.81. The average molecular weight is 399 g/mol. The highest BCUT2D eigenvalue weighted by Gasteiger charge is 2.69. The number of rotatable bonds is 1. The molecule has 0 N–H and O–H groups in total. The van der Waals surface area contributed by atoms with Crippen molar-refractivity contribution in [3.63, 3.8) is 0 Å². The molecule has 0 aromatic rings. The van der Waals surface area contributed by atoms with Crippen molar-refractivity contribution in [1.82, 2.24) is 0 Å². The van der Waals surface area contributed by atoms with E-state index < -0.39 is 0 Å². The molecule has 0 amide bonds. The minimum atomic E-state index is 0.565. The van der Waals surface area contributed by atoms with Gasteiger partial charge in [-0.05, 0) is 121 Å². The summed E-state index contributed by atoms with van der Waals surface area (Å²) >= 11 is 0. The Labute approximate surface area is 182 Å². The maximum absolute atomic E-state index is 2.81. The second-order valence-corrected chi connectivity index (χ2v) is 14.3. The highest BCUT2D eigenvalue weighted by molar-refractivity contribution is 5.18. The summed E-state index contributed by atoms with van der Waals surface area (Å²) < 4.78 is 0. The molecular formula is C29H50. The fourth-order valence-corrected chi connectivity index (χ4v) is 11.9. The van der Waals surface area contributed by atoms with Crippen molar-refractivity contribution >= 4 is 0 Å². The highest BCUT2D eigenvalue weighted by atomic mass is 14.7. The molecule has 0 saturated heterocycles. The molecule has 9 atom stereocenters. The smallest absolute Gasteiger partial charge is 0.0235 e. The van der Waals surface area contributed by atoms with E-state index in [1.807, 2.05) is 0 Å². The van der Waals surface area contributed by atoms with E-state index in [4.69, 9.17) is 0 Å². The third-order valence-electron chi connectivity index (χ3n) is 13.4. The fraction of sp³-hybridized carbons (Fsp3) is 1.00. The van der Waals surface area contributed by atoms with Gasteiger partial charge >= 0.3 is 0 Å². The molecular weight excluding hydrogens is 348 g/mol. The average Bonchev–Trinajstić information content (AvgIpc) is 2.98. The SMILES string of the molecule is CC[C@@H]1CC[C@]2(C)[C@H]3CC[C@@H]4[C@@]5(C)CCCC(C)(C)[C@@H]5CC[C@@]4(C)[C@]3(C)CC[C@@H]12. The van der Waals surface area contributed by atoms with Crippen LogP contribution in [0.5, 0.6) is 0 Å². The van der Waals surface area contributed by atoms with Crippen molar-refractivity contribution in [2.24, 2.45) is 56.7 Å². The summed E-state index contributed by atoms with van der Waals surface area (Å²) in [6.07, 6.45) is 18.1. The van der Waals surface area contributed by atoms with Gasteiger partial charge in [-0.15, -0.1) is 0 Å². The van der Waals surface area contributed by atoms with Gasteiger partial charge in [-0.1, -0.05) is 61.3 Å². The Balaban J connectivity index is 1.53. The van der Waals surface area contributed by atoms with E-state index in [0.717, 1.165) is 29.6 Å². The third kappa shape index (κ3) is 2.44. The zero-order valence-electron chi connectivity index (χ0n) is 20.9. The van der Waals surface area contributed by atoms with Gasteiger partial charge in [0.2, 0.25) is 0 Å². The normalized spacial score (nSPS) is 58.7. The minimum absolute atomic E-state index is 0.565. The van der Waals surface area contributed by atoms with Gasteiger partial charge in [-0.25, -0.2) is 0 Å². The van der Waals surface area contributed by atoms with Crippen LogP contribution in [0.4, 0.5) is 0 Å². The van der Waals surface area contributed by atoms with Crippen LogP contribution in [0, 0.1) is 56.7 Å². The first kappa shape index (κ1) is 20.9. The molecule has 5 rings (SSSR count). The molecule has 5 aliphatic carbocycles. The Kier molecular flexibility index (Phi) is 4.52. The Bertz CT molecular complexity index is 661. The monoisotopic (exact) mass is 398 g/mol. The van der Waals surface area contributed by atoms with Gasteiger partial charge in [0.15, 0.2) is 0 Å². The molecule has 0 heterocycles. The van der Waals surface area contributed by atoms with E-state index in [-0.39, 0.29) is 0 Å². The first-order valence-electron chi connectivity index (χ1n) is 13.5. The minimum Gasteiger partial charge on any atom is -0.0651 e. The van der Waals surface area contributed by atoms with Crippen LogP contribution in [-0.4, -0.2) is 0 Å². The molecule has 0 heteroatoms. The van der Waals surface area contributed by atoms with Crippen LogP contribution in [0.1, 0.15) is 126 Å². The lowest BCUT2D eigenvalue weighted by atomic mass is 9.32. The second kappa shape index (κ2) is 6.28. The van der Waals surface area contributed by atoms with E-state index >= 15 is 0 Å². The maximum Gasteiger partial charge on any atom is -0.0235 e. The first-order chi connectivity index (χ1) is 13.5. The zero-order valence-corrected chi connectivity index (χ0v) is 20.9. The predicted molar refractivity (Wildman–Crippen MR) is 125 cm³/mol. The standard InChI is InChI=1S/C29H50/c1-8-20-12-17-26(4)21(20)13-18-28(6)23(26)10-11-24-27(5)16-9-15-25(2,3)22(27)14-19-29(24,28)7/h20-24H,8-19H2,1-7H3/t20-,21+,22+,23-,24-,26+,27+,28-,29-/m1/s1. The van der Waals surface area contributed by atoms with Crippen LogP contribution in [0.25, 0.3) is 0 Å². The number of hydrogen-bond acceptors (Lipinski definition) is 0. The van der Waals surface area contributed by atoms with Crippen molar-refractivity contribution in [3.05, 3.63) is 0 Å². The summed E-state index contributed by atoms with van der Waals surface area (Å²) in [5.74, 6) is 4.99. The zero-order chi connectivity index (χ0) is 20.9. The van der Waals surface area contributed by atoms with Gasteiger partial charge in [0, 0.05) is 0 Å². The molecule has 0 spiro atoms. The lowest BCUT2D eigenvalue weighted by Gasteiger charge is -2.73. The summed E-state index contributed by atoms with van der Waals surface area (Å²) in [4.78, 5) is 0. The lowest BCUT2D eigenvalue weighted by molar-refractivity contribution is -0.241. The highest BCUT2D eigenvalue weighted by Crippen LogP contribution is 2.77. The van der Waals surface area contributed by atoms with Crippen molar-refractivity contribution in [2.75, 3.05) is 0 Å². The van der Waals surface area contributed by atoms with Crippen molar-refractivity contribution in [3.8, 4) is 0 Å². The molecule has 5 aliphatic rings. The summed E-state index contributed by atoms with van der Waals surface area (Å²) in [6, 6.07) is 0. The molecule has 29 heavy (non-hydrogen) atoms. The molecule has 0 aliphatic heterocycles. The largest absolute Gasteiger partial charge is 0.0651 e. The van der Waals surface area contributed by atoms with Gasteiger partial charge in [0.25, 0.3) is 0 Å². The van der Waals surface area contributed by atoms with Crippen molar-refractivity contribution in [1.29, 1.82) is 0 Å². The Hall–Kier alpha value is 0. The molecule has 5 fully saturated rings. The third-order valence-corrected chi connectivity index (χ3v) is 13.4. The van der Waals surface area contributed by atoms with E-state index in [2.05, 4.69) is 48.5 Å². The van der Waals surface area contributed by atoms with Crippen LogP contribution in [0.3, 0.4) is 0 Å². The van der Waals surface area contributed by atoms with Crippen LogP contribution >= 0.6 is 0 Å². The van der Waals surface area contributed by atoms with Gasteiger partial charge in [0.05, 0.1) is 0 Å². The van der Waals surface area contributed by atoms with E-state index in [1.165, 1.54) is 64.2 Å². The first-order valence-corrected chi connectivity index (χ1v) is 13.5. The van der Waals surface area contributed by atoms with Gasteiger partial charge < -0.3 is 0 Å². The quantitative estimate of drug-likeness (QED) is 0.413. The van der Waals surface area contributed by atoms with E-state index in [1.54, 1.807) is 12.8 Å². The van der Waals surface area contributed by atoms with Crippen molar-refractivity contribution in [2.45, 2.75) is 126 Å². The lowest BCUT2D eigenvalue weighted by Crippen LogP contribution is -2.65. The van der Waals surface area contributed by atoms with Crippen LogP contribution in [-0.2, 0) is 0 Å². The van der Waals surface area contributed by atoms with Gasteiger partial charge in [0.1, 0.15) is 0 Å². The van der Waals surface area contributed by atoms with E-state index in [0.29, 0.717) is 27.1 Å². The number of fused-ring (bicyclic) bond motifs is 7. The van der Waals surface area contributed by atoms with Gasteiger partial charge in [-0.2, -0.15) is 0 Å². The summed E-state index contributed by atoms with van der Waals surface area (Å²) in [7, 11) is 0. The summed E-state index contributed by atoms with van der Waals surface area (Å²) in [6.45, 7) is 18.8. The van der Waals surface area contributed by atoms with E-state index in [9.17, 15) is 0 Å². The molecule has 0 bridgehead atoms. The van der Waals surface area contributed by atoms with Crippen LogP contribution in [0.15, 0.2) is 0 Å². The molecule has 0 aromatic carbocycles. The molecule has 166 valence electrons. The molecule has 5 saturated carbocycles. The number of hydrogen-bond donors (Lipinski definition) is 0. The molecule has 0 aromatic heterocycles. The molecule has 0 radical (unpaired) electrons. The van der Waals surface area contributed by atoms with Gasteiger partial charge in [-0.3, -0.25) is 0 Å². The predicted octanol–water partition coefficient (Wildman–Crippen LogP) is 8.89. The Morgan fingerprint density at radius 2 is 1.21 bits per heavy atom. The van der Waals surface area contributed by atoms with Crippen LogP contribution in [0.2, 0.25) is 0 Å². The van der Waals surface area contributed by atoms with Crippen molar-refractivity contribution < 1.29 is 0 Å². The summed E-state index contributed by atoms with van der Waals surface area (Å²) in [5, 5.41) is 0. The fourth-order valence-electron chi connectivity index (χ4n) is 11.9. The Morgan fingerprint density at radius 3 is 1.86 bits per heavy atom. The molecule has 0 unspecified atom stereocenters. The summed E-state index contributed by atoms with van der Waals surface area (Å²) in [5.41, 5.74) is 2.97. The Morgan fingerprint density at radius 1 is 0.586 bits per heavy atom. The topological polar surface area (TPSA) is 0 Å². The van der Waals surface area contributed by atoms with Crippen LogP contribution < -0.4 is 0 Å².